The number of ether oxygens (including phenoxy) is 2. The van der Waals surface area contributed by atoms with Crippen LogP contribution in [0.25, 0.3) is 0 Å². The Morgan fingerprint density at radius 1 is 1.24 bits per heavy atom. The second kappa shape index (κ2) is 8.63. The summed E-state index contributed by atoms with van der Waals surface area (Å²) in [4.78, 5) is 13.6. The van der Waals surface area contributed by atoms with E-state index in [1.54, 1.807) is 0 Å². The van der Waals surface area contributed by atoms with Crippen molar-refractivity contribution in [3.8, 4) is 5.75 Å². The minimum Gasteiger partial charge on any atom is -0.493 e. The van der Waals surface area contributed by atoms with E-state index in [9.17, 15) is 18.0 Å². The molecule has 1 atom stereocenters. The zero-order valence-electron chi connectivity index (χ0n) is 16.3. The van der Waals surface area contributed by atoms with Crippen LogP contribution in [0.5, 0.6) is 5.75 Å². The Bertz CT molecular complexity index is 870. The highest BCUT2D eigenvalue weighted by atomic mass is 19.4. The van der Waals surface area contributed by atoms with Crippen molar-refractivity contribution >= 4 is 17.5 Å². The zero-order chi connectivity index (χ0) is 21.0. The lowest BCUT2D eigenvalue weighted by atomic mass is 10.1. The van der Waals surface area contributed by atoms with E-state index in [-0.39, 0.29) is 18.3 Å². The second-order valence-corrected chi connectivity index (χ2v) is 7.08. The van der Waals surface area contributed by atoms with E-state index in [1.165, 1.54) is 25.3 Å². The SMILES string of the molecule is COC(=O)Nc1cc(C)cc(N2CCC(COc3ccccc3C(F)(F)F)C2)c1. The average Bonchev–Trinajstić information content (AvgIpc) is 3.14. The number of alkyl halides is 3. The Hall–Kier alpha value is -2.90. The second-order valence-electron chi connectivity index (χ2n) is 7.08. The number of carbonyl (C=O) groups excluding carboxylic acids is 1. The van der Waals surface area contributed by atoms with Crippen LogP contribution in [0.1, 0.15) is 17.5 Å². The summed E-state index contributed by atoms with van der Waals surface area (Å²) in [5, 5.41) is 2.66. The summed E-state index contributed by atoms with van der Waals surface area (Å²) < 4.78 is 49.4. The van der Waals surface area contributed by atoms with Gasteiger partial charge < -0.3 is 14.4 Å². The zero-order valence-corrected chi connectivity index (χ0v) is 16.3. The molecule has 1 aliphatic rings. The molecule has 156 valence electrons. The van der Waals surface area contributed by atoms with Gasteiger partial charge in [-0.25, -0.2) is 4.79 Å². The van der Waals surface area contributed by atoms with Crippen LogP contribution in [0.4, 0.5) is 29.3 Å². The van der Waals surface area contributed by atoms with Crippen molar-refractivity contribution in [3.05, 3.63) is 53.6 Å². The van der Waals surface area contributed by atoms with Gasteiger partial charge in [-0.15, -0.1) is 0 Å². The molecule has 1 unspecified atom stereocenters. The number of halogens is 3. The number of anilines is 2. The van der Waals surface area contributed by atoms with Gasteiger partial charge in [-0.3, -0.25) is 5.32 Å². The number of para-hydroxylation sites is 1. The van der Waals surface area contributed by atoms with E-state index in [1.807, 2.05) is 25.1 Å². The maximum Gasteiger partial charge on any atom is 0.419 e. The predicted octanol–water partition coefficient (Wildman–Crippen LogP) is 5.10. The number of hydrogen-bond donors (Lipinski definition) is 1. The van der Waals surface area contributed by atoms with Crippen molar-refractivity contribution in [1.29, 1.82) is 0 Å². The first-order chi connectivity index (χ1) is 13.8. The molecule has 1 saturated heterocycles. The Labute approximate surface area is 167 Å². The molecular formula is C21H23F3N2O3. The Balaban J connectivity index is 1.64. The van der Waals surface area contributed by atoms with Gasteiger partial charge in [0.05, 0.1) is 19.3 Å². The lowest BCUT2D eigenvalue weighted by Crippen LogP contribution is -2.22. The number of nitrogens with one attached hydrogen (secondary N) is 1. The van der Waals surface area contributed by atoms with Gasteiger partial charge in [0.25, 0.3) is 0 Å². The summed E-state index contributed by atoms with van der Waals surface area (Å²) in [7, 11) is 1.30. The van der Waals surface area contributed by atoms with Crippen LogP contribution in [0, 0.1) is 12.8 Å². The maximum atomic E-state index is 13.1. The van der Waals surface area contributed by atoms with Crippen LogP contribution in [-0.4, -0.2) is 32.9 Å². The van der Waals surface area contributed by atoms with Gasteiger partial charge in [-0.2, -0.15) is 13.2 Å². The molecular weight excluding hydrogens is 385 g/mol. The van der Waals surface area contributed by atoms with Crippen LogP contribution < -0.4 is 15.0 Å². The van der Waals surface area contributed by atoms with Crippen LogP contribution in [-0.2, 0) is 10.9 Å². The number of hydrogen-bond acceptors (Lipinski definition) is 4. The fraction of sp³-hybridized carbons (Fsp3) is 0.381. The molecule has 3 rings (SSSR count). The first-order valence-corrected chi connectivity index (χ1v) is 9.27. The van der Waals surface area contributed by atoms with E-state index >= 15 is 0 Å². The van der Waals surface area contributed by atoms with Crippen molar-refractivity contribution in [3.63, 3.8) is 0 Å². The topological polar surface area (TPSA) is 50.8 Å². The molecule has 1 heterocycles. The summed E-state index contributed by atoms with van der Waals surface area (Å²) in [6, 6.07) is 11.0. The van der Waals surface area contributed by atoms with Gasteiger partial charge in [0.2, 0.25) is 0 Å². The van der Waals surface area contributed by atoms with Crippen molar-refractivity contribution in [2.45, 2.75) is 19.5 Å². The molecule has 0 bridgehead atoms. The number of methoxy groups -OCH3 is 1. The molecule has 8 heteroatoms. The van der Waals surface area contributed by atoms with Gasteiger partial charge in [-0.1, -0.05) is 12.1 Å². The number of rotatable bonds is 5. The molecule has 0 radical (unpaired) electrons. The standard InChI is InChI=1S/C21H23F3N2O3/c1-14-9-16(25-20(27)28-2)11-17(10-14)26-8-7-15(12-26)13-29-19-6-4-3-5-18(19)21(22,23)24/h3-6,9-11,15H,7-8,12-13H2,1-2H3,(H,25,27). The van der Waals surface area contributed by atoms with E-state index in [4.69, 9.17) is 4.74 Å². The Morgan fingerprint density at radius 2 is 2.00 bits per heavy atom. The fourth-order valence-corrected chi connectivity index (χ4v) is 3.42. The van der Waals surface area contributed by atoms with Gasteiger partial charge in [0.1, 0.15) is 5.75 Å². The van der Waals surface area contributed by atoms with Crippen LogP contribution in [0.3, 0.4) is 0 Å². The van der Waals surface area contributed by atoms with Gasteiger partial charge in [-0.05, 0) is 49.2 Å². The van der Waals surface area contributed by atoms with Crippen LogP contribution in [0.15, 0.2) is 42.5 Å². The summed E-state index contributed by atoms with van der Waals surface area (Å²) in [6.45, 7) is 3.56. The fourth-order valence-electron chi connectivity index (χ4n) is 3.42. The average molecular weight is 408 g/mol. The molecule has 0 aromatic heterocycles. The minimum atomic E-state index is -4.44. The largest absolute Gasteiger partial charge is 0.493 e. The quantitative estimate of drug-likeness (QED) is 0.748. The number of benzene rings is 2. The summed E-state index contributed by atoms with van der Waals surface area (Å²) in [5.41, 5.74) is 1.79. The first-order valence-electron chi connectivity index (χ1n) is 9.27. The normalized spacial score (nSPS) is 16.6. The van der Waals surface area contributed by atoms with Gasteiger partial charge >= 0.3 is 12.3 Å². The molecule has 1 fully saturated rings. The molecule has 0 spiro atoms. The van der Waals surface area contributed by atoms with E-state index in [0.717, 1.165) is 30.3 Å². The molecule has 1 amide bonds. The first kappa shape index (κ1) is 20.8. The highest BCUT2D eigenvalue weighted by molar-refractivity contribution is 5.85. The van der Waals surface area contributed by atoms with Crippen molar-refractivity contribution in [2.75, 3.05) is 37.0 Å². The molecule has 1 aliphatic heterocycles. The summed E-state index contributed by atoms with van der Waals surface area (Å²) in [5.74, 6) is -0.0348. The van der Waals surface area contributed by atoms with Crippen molar-refractivity contribution < 1.29 is 27.4 Å². The highest BCUT2D eigenvalue weighted by Crippen LogP contribution is 2.36. The predicted molar refractivity (Wildman–Crippen MR) is 104 cm³/mol. The third kappa shape index (κ3) is 5.34. The molecule has 2 aromatic carbocycles. The van der Waals surface area contributed by atoms with E-state index < -0.39 is 17.8 Å². The molecule has 0 saturated carbocycles. The summed E-state index contributed by atoms with van der Waals surface area (Å²) in [6.07, 6.45) is -4.18. The molecule has 2 aromatic rings. The number of carbonyl (C=O) groups is 1. The van der Waals surface area contributed by atoms with Crippen molar-refractivity contribution in [2.24, 2.45) is 5.92 Å². The minimum absolute atomic E-state index is 0.105. The number of nitrogens with zero attached hydrogens (tertiary/aromatic N) is 1. The van der Waals surface area contributed by atoms with E-state index in [2.05, 4.69) is 15.0 Å². The Kier molecular flexibility index (Phi) is 6.20. The summed E-state index contributed by atoms with van der Waals surface area (Å²) >= 11 is 0. The van der Waals surface area contributed by atoms with Gasteiger partial charge in [0, 0.05) is 30.4 Å². The molecule has 5 nitrogen and oxygen atoms in total. The third-order valence-corrected chi connectivity index (χ3v) is 4.81. The smallest absolute Gasteiger partial charge is 0.419 e. The maximum absolute atomic E-state index is 13.1. The third-order valence-electron chi connectivity index (χ3n) is 4.81. The van der Waals surface area contributed by atoms with Gasteiger partial charge in [0.15, 0.2) is 0 Å². The monoisotopic (exact) mass is 408 g/mol. The van der Waals surface area contributed by atoms with E-state index in [0.29, 0.717) is 12.2 Å². The van der Waals surface area contributed by atoms with Crippen molar-refractivity contribution in [1.82, 2.24) is 0 Å². The Morgan fingerprint density at radius 3 is 2.72 bits per heavy atom. The molecule has 1 N–H and O–H groups in total. The molecule has 0 aliphatic carbocycles. The number of aryl methyl sites for hydroxylation is 1. The van der Waals surface area contributed by atoms with Crippen LogP contribution in [0.2, 0.25) is 0 Å². The molecule has 29 heavy (non-hydrogen) atoms. The lowest BCUT2D eigenvalue weighted by Gasteiger charge is -2.21. The lowest BCUT2D eigenvalue weighted by molar-refractivity contribution is -0.139. The van der Waals surface area contributed by atoms with Crippen LogP contribution >= 0.6 is 0 Å². The highest BCUT2D eigenvalue weighted by Gasteiger charge is 2.34. The number of amides is 1.